The molecule has 1 atom stereocenters. The monoisotopic (exact) mass is 368 g/mol. The molecule has 0 saturated carbocycles. The molecule has 5 heteroatoms. The Bertz CT molecular complexity index is 536. The maximum absolute atomic E-state index is 12.9. The van der Waals surface area contributed by atoms with Crippen LogP contribution >= 0.6 is 23.7 Å². The molecule has 3 heterocycles. The summed E-state index contributed by atoms with van der Waals surface area (Å²) in [6.45, 7) is 3.08. The van der Waals surface area contributed by atoms with Gasteiger partial charge in [-0.2, -0.15) is 0 Å². The maximum atomic E-state index is 12.9. The lowest BCUT2D eigenvalue weighted by atomic mass is 9.88. The fourth-order valence-electron chi connectivity index (χ4n) is 4.55. The van der Waals surface area contributed by atoms with Gasteiger partial charge in [-0.3, -0.25) is 4.79 Å². The van der Waals surface area contributed by atoms with Crippen LogP contribution in [0.15, 0.2) is 6.07 Å². The van der Waals surface area contributed by atoms with Gasteiger partial charge in [-0.05, 0) is 75.5 Å². The summed E-state index contributed by atoms with van der Waals surface area (Å²) in [5.74, 6) is 1.07. The highest BCUT2D eigenvalue weighted by Gasteiger charge is 2.30. The van der Waals surface area contributed by atoms with Gasteiger partial charge in [0.15, 0.2) is 0 Å². The van der Waals surface area contributed by atoms with Crippen LogP contribution in [-0.4, -0.2) is 36.5 Å². The molecular weight excluding hydrogens is 340 g/mol. The van der Waals surface area contributed by atoms with E-state index in [0.717, 1.165) is 23.9 Å². The van der Waals surface area contributed by atoms with Gasteiger partial charge in [0.05, 0.1) is 4.88 Å². The highest BCUT2D eigenvalue weighted by molar-refractivity contribution is 7.14. The van der Waals surface area contributed by atoms with Gasteiger partial charge in [0, 0.05) is 24.0 Å². The third-order valence-electron chi connectivity index (χ3n) is 5.95. The van der Waals surface area contributed by atoms with Crippen molar-refractivity contribution in [1.29, 1.82) is 0 Å². The summed E-state index contributed by atoms with van der Waals surface area (Å²) in [4.78, 5) is 17.4. The van der Waals surface area contributed by atoms with Crippen molar-refractivity contribution < 1.29 is 4.79 Å². The Morgan fingerprint density at radius 1 is 1.08 bits per heavy atom. The Hall–Kier alpha value is -0.580. The molecule has 0 bridgehead atoms. The zero-order valence-electron chi connectivity index (χ0n) is 14.4. The summed E-state index contributed by atoms with van der Waals surface area (Å²) >= 11 is 1.77. The Labute approximate surface area is 155 Å². The molecule has 3 nitrogen and oxygen atoms in total. The Morgan fingerprint density at radius 3 is 2.62 bits per heavy atom. The van der Waals surface area contributed by atoms with Crippen LogP contribution in [0.25, 0.3) is 0 Å². The maximum Gasteiger partial charge on any atom is 0.263 e. The van der Waals surface area contributed by atoms with Gasteiger partial charge < -0.3 is 10.2 Å². The number of carbonyl (C=O) groups excluding carboxylic acids is 1. The minimum atomic E-state index is 0. The molecule has 1 amide bonds. The summed E-state index contributed by atoms with van der Waals surface area (Å²) in [7, 11) is 0. The van der Waals surface area contributed by atoms with Crippen LogP contribution < -0.4 is 5.32 Å². The highest BCUT2D eigenvalue weighted by atomic mass is 35.5. The number of rotatable bonds is 2. The first-order chi connectivity index (χ1) is 11.3. The lowest BCUT2D eigenvalue weighted by Crippen LogP contribution is -2.43. The molecule has 1 unspecified atom stereocenters. The van der Waals surface area contributed by atoms with Gasteiger partial charge in [0.1, 0.15) is 0 Å². The first-order valence-electron chi connectivity index (χ1n) is 9.45. The molecule has 134 valence electrons. The molecule has 0 spiro atoms. The first-order valence-corrected chi connectivity index (χ1v) is 10.3. The van der Waals surface area contributed by atoms with E-state index in [-0.39, 0.29) is 12.4 Å². The number of amides is 1. The summed E-state index contributed by atoms with van der Waals surface area (Å²) in [6.07, 6.45) is 11.3. The van der Waals surface area contributed by atoms with Crippen LogP contribution in [-0.2, 0) is 12.8 Å². The van der Waals surface area contributed by atoms with Crippen molar-refractivity contribution in [3.05, 3.63) is 21.4 Å². The largest absolute Gasteiger partial charge is 0.338 e. The predicted octanol–water partition coefficient (Wildman–Crippen LogP) is 4.04. The minimum absolute atomic E-state index is 0. The van der Waals surface area contributed by atoms with Gasteiger partial charge in [-0.25, -0.2) is 0 Å². The van der Waals surface area contributed by atoms with Gasteiger partial charge in [0.25, 0.3) is 5.91 Å². The molecule has 0 aromatic carbocycles. The number of hydrogen-bond donors (Lipinski definition) is 1. The lowest BCUT2D eigenvalue weighted by Gasteiger charge is -2.34. The van der Waals surface area contributed by atoms with Gasteiger partial charge in [-0.15, -0.1) is 23.7 Å². The van der Waals surface area contributed by atoms with Crippen molar-refractivity contribution in [2.24, 2.45) is 5.92 Å². The quantitative estimate of drug-likeness (QED) is 0.799. The number of nitrogens with one attached hydrogen (secondary N) is 1. The van der Waals surface area contributed by atoms with Crippen molar-refractivity contribution >= 4 is 29.7 Å². The number of carbonyl (C=O) groups is 1. The van der Waals surface area contributed by atoms with Gasteiger partial charge >= 0.3 is 0 Å². The second-order valence-corrected chi connectivity index (χ2v) is 8.59. The SMILES string of the molecule is Cl.O=C(c1cc2c(s1)CCCCC2)N1CCC(C2CCCN2)CC1. The van der Waals surface area contributed by atoms with Crippen LogP contribution in [0.2, 0.25) is 0 Å². The van der Waals surface area contributed by atoms with E-state index in [2.05, 4.69) is 16.3 Å². The Kier molecular flexibility index (Phi) is 6.22. The molecule has 3 aliphatic rings. The van der Waals surface area contributed by atoms with Crippen LogP contribution in [0.4, 0.5) is 0 Å². The van der Waals surface area contributed by atoms with E-state index < -0.39 is 0 Å². The van der Waals surface area contributed by atoms with E-state index in [4.69, 9.17) is 0 Å². The van der Waals surface area contributed by atoms with E-state index in [9.17, 15) is 4.79 Å². The van der Waals surface area contributed by atoms with Crippen LogP contribution in [0.5, 0.6) is 0 Å². The number of likely N-dealkylation sites (tertiary alicyclic amines) is 1. The molecular formula is C19H29ClN2OS. The van der Waals surface area contributed by atoms with Crippen molar-refractivity contribution in [3.8, 4) is 0 Å². The van der Waals surface area contributed by atoms with Crippen molar-refractivity contribution in [3.63, 3.8) is 0 Å². The van der Waals surface area contributed by atoms with E-state index in [1.165, 1.54) is 74.8 Å². The average molecular weight is 369 g/mol. The first kappa shape index (κ1) is 18.2. The second-order valence-electron chi connectivity index (χ2n) is 7.45. The molecule has 1 aromatic rings. The Morgan fingerprint density at radius 2 is 1.88 bits per heavy atom. The van der Waals surface area contributed by atoms with Gasteiger partial charge in [-0.1, -0.05) is 6.42 Å². The molecule has 2 aliphatic heterocycles. The van der Waals surface area contributed by atoms with Crippen LogP contribution in [0, 0.1) is 5.92 Å². The number of aryl methyl sites for hydroxylation is 2. The molecule has 2 saturated heterocycles. The summed E-state index contributed by atoms with van der Waals surface area (Å²) in [5, 5.41) is 3.64. The number of halogens is 1. The molecule has 1 N–H and O–H groups in total. The standard InChI is InChI=1S/C19H28N2OS.ClH/c22-19(18-13-15-5-2-1-3-7-17(15)23-18)21-11-8-14(9-12-21)16-6-4-10-20-16;/h13-14,16,20H,1-12H2;1H. The second kappa shape index (κ2) is 8.20. The average Bonchev–Trinajstić information content (AvgIpc) is 3.21. The van der Waals surface area contributed by atoms with Crippen molar-refractivity contribution in [1.82, 2.24) is 10.2 Å². The van der Waals surface area contributed by atoms with Crippen LogP contribution in [0.1, 0.15) is 65.1 Å². The highest BCUT2D eigenvalue weighted by Crippen LogP contribution is 2.31. The minimum Gasteiger partial charge on any atom is -0.338 e. The molecule has 2 fully saturated rings. The van der Waals surface area contributed by atoms with E-state index in [0.29, 0.717) is 11.9 Å². The predicted molar refractivity (Wildman–Crippen MR) is 102 cm³/mol. The topological polar surface area (TPSA) is 32.3 Å². The fraction of sp³-hybridized carbons (Fsp3) is 0.737. The fourth-order valence-corrected chi connectivity index (χ4v) is 5.77. The zero-order chi connectivity index (χ0) is 15.6. The number of hydrogen-bond acceptors (Lipinski definition) is 3. The lowest BCUT2D eigenvalue weighted by molar-refractivity contribution is 0.0679. The molecule has 1 aromatic heterocycles. The van der Waals surface area contributed by atoms with Crippen LogP contribution in [0.3, 0.4) is 0 Å². The third-order valence-corrected chi connectivity index (χ3v) is 7.18. The summed E-state index contributed by atoms with van der Waals surface area (Å²) in [6, 6.07) is 2.92. The number of piperidine rings is 1. The van der Waals surface area contributed by atoms with E-state index >= 15 is 0 Å². The number of fused-ring (bicyclic) bond motifs is 1. The van der Waals surface area contributed by atoms with E-state index in [1.807, 2.05) is 0 Å². The Balaban J connectivity index is 0.00000169. The summed E-state index contributed by atoms with van der Waals surface area (Å²) < 4.78 is 0. The van der Waals surface area contributed by atoms with Crippen molar-refractivity contribution in [2.45, 2.75) is 63.8 Å². The summed E-state index contributed by atoms with van der Waals surface area (Å²) in [5.41, 5.74) is 1.46. The zero-order valence-corrected chi connectivity index (χ0v) is 16.0. The normalized spacial score (nSPS) is 25.0. The smallest absolute Gasteiger partial charge is 0.263 e. The molecule has 1 aliphatic carbocycles. The van der Waals surface area contributed by atoms with Crippen molar-refractivity contribution in [2.75, 3.05) is 19.6 Å². The van der Waals surface area contributed by atoms with E-state index in [1.54, 1.807) is 11.3 Å². The molecule has 24 heavy (non-hydrogen) atoms. The molecule has 4 rings (SSSR count). The number of nitrogens with zero attached hydrogens (tertiary/aromatic N) is 1. The molecule has 0 radical (unpaired) electrons. The number of thiophene rings is 1. The third kappa shape index (κ3) is 3.81. The van der Waals surface area contributed by atoms with Gasteiger partial charge in [0.2, 0.25) is 0 Å².